The molecule has 0 radical (unpaired) electrons. The molecule has 2 heterocycles. The van der Waals surface area contributed by atoms with Crippen LogP contribution in [-0.4, -0.2) is 28.2 Å². The van der Waals surface area contributed by atoms with E-state index >= 15 is 0 Å². The van der Waals surface area contributed by atoms with Crippen LogP contribution in [0.2, 0.25) is 5.02 Å². The van der Waals surface area contributed by atoms with Crippen LogP contribution in [0.15, 0.2) is 36.4 Å². The summed E-state index contributed by atoms with van der Waals surface area (Å²) < 4.78 is 7.34. The summed E-state index contributed by atoms with van der Waals surface area (Å²) in [6, 6.07) is 12.3. The lowest BCUT2D eigenvalue weighted by molar-refractivity contribution is 0.0547. The van der Waals surface area contributed by atoms with Gasteiger partial charge in [0.1, 0.15) is 5.60 Å². The smallest absolute Gasteiger partial charge is 0.419 e. The molecule has 1 fully saturated rings. The highest BCUT2D eigenvalue weighted by Crippen LogP contribution is 2.37. The number of fused-ring (bicyclic) bond motifs is 2. The Labute approximate surface area is 211 Å². The van der Waals surface area contributed by atoms with Crippen molar-refractivity contribution < 1.29 is 14.3 Å². The van der Waals surface area contributed by atoms with E-state index in [9.17, 15) is 9.59 Å². The average molecular weight is 494 g/mol. The third-order valence-corrected chi connectivity index (χ3v) is 7.18. The van der Waals surface area contributed by atoms with Crippen LogP contribution in [0.25, 0.3) is 22.2 Å². The lowest BCUT2D eigenvalue weighted by atomic mass is 9.95. The van der Waals surface area contributed by atoms with Crippen LogP contribution >= 0.6 is 11.6 Å². The number of rotatable bonds is 4. The predicted molar refractivity (Wildman–Crippen MR) is 139 cm³/mol. The number of carbonyl (C=O) groups is 2. The molecule has 0 spiro atoms. The minimum Gasteiger partial charge on any atom is -0.443 e. The lowest BCUT2D eigenvalue weighted by Gasteiger charge is -2.23. The minimum atomic E-state index is -0.659. The quantitative estimate of drug-likeness (QED) is 0.440. The van der Waals surface area contributed by atoms with Crippen molar-refractivity contribution in [1.29, 1.82) is 0 Å². The molecule has 35 heavy (non-hydrogen) atoms. The summed E-state index contributed by atoms with van der Waals surface area (Å²) in [5.41, 5.74) is 3.82. The van der Waals surface area contributed by atoms with E-state index in [2.05, 4.69) is 22.8 Å². The maximum absolute atomic E-state index is 13.4. The van der Waals surface area contributed by atoms with Gasteiger partial charge >= 0.3 is 6.09 Å². The molecule has 0 bridgehead atoms. The second-order valence-electron chi connectivity index (χ2n) is 10.6. The maximum atomic E-state index is 13.4. The van der Waals surface area contributed by atoms with Gasteiger partial charge in [-0.2, -0.15) is 0 Å². The van der Waals surface area contributed by atoms with Crippen LogP contribution in [0.3, 0.4) is 0 Å². The molecule has 1 aliphatic heterocycles. The molecule has 1 saturated carbocycles. The van der Waals surface area contributed by atoms with Gasteiger partial charge < -0.3 is 15.4 Å². The molecular formula is C28H32ClN3O3. The zero-order valence-corrected chi connectivity index (χ0v) is 21.3. The highest BCUT2D eigenvalue weighted by atomic mass is 35.5. The third-order valence-electron chi connectivity index (χ3n) is 6.83. The number of aromatic nitrogens is 1. The van der Waals surface area contributed by atoms with Gasteiger partial charge in [-0.3, -0.25) is 4.79 Å². The minimum absolute atomic E-state index is 0.184. The first-order valence-corrected chi connectivity index (χ1v) is 12.8. The molecule has 2 N–H and O–H groups in total. The van der Waals surface area contributed by atoms with Gasteiger partial charge in [-0.1, -0.05) is 43.0 Å². The van der Waals surface area contributed by atoms with Gasteiger partial charge in [-0.05, 0) is 63.4 Å². The van der Waals surface area contributed by atoms with Gasteiger partial charge in [0.25, 0.3) is 5.91 Å². The number of amides is 1. The molecule has 7 heteroatoms. The standard InChI is InChI=1S/C28H32ClN3O3/c1-28(2,3)35-27(34)32-23-12-9-17(15-30-19-7-5-4-6-8-19)13-18(23)14-24(32)20-10-11-22(29)21-16-31-26(33)25(20)21/h9-14,19,30H,4-8,15-16H2,1-3H3,(H,31,33). The van der Waals surface area contributed by atoms with Crippen molar-refractivity contribution in [3.8, 4) is 11.3 Å². The van der Waals surface area contributed by atoms with Crippen LogP contribution in [0, 0.1) is 0 Å². The Bertz CT molecular complexity index is 1300. The van der Waals surface area contributed by atoms with Crippen LogP contribution in [0.5, 0.6) is 0 Å². The van der Waals surface area contributed by atoms with E-state index in [0.717, 1.165) is 28.6 Å². The van der Waals surface area contributed by atoms with Gasteiger partial charge in [0.15, 0.2) is 0 Å². The van der Waals surface area contributed by atoms with Gasteiger partial charge in [0.05, 0.1) is 16.8 Å². The largest absolute Gasteiger partial charge is 0.443 e. The number of hydrogen-bond acceptors (Lipinski definition) is 4. The number of halogens is 1. The Kier molecular flexibility index (Phi) is 6.36. The first kappa shape index (κ1) is 23.9. The first-order valence-electron chi connectivity index (χ1n) is 12.4. The Balaban J connectivity index is 1.58. The Hall–Kier alpha value is -2.83. The Morgan fingerprint density at radius 1 is 1.14 bits per heavy atom. The van der Waals surface area contributed by atoms with E-state index in [-0.39, 0.29) is 5.91 Å². The second kappa shape index (κ2) is 9.32. The molecule has 2 aromatic carbocycles. The summed E-state index contributed by atoms with van der Waals surface area (Å²) in [5.74, 6) is -0.184. The summed E-state index contributed by atoms with van der Waals surface area (Å²) in [4.78, 5) is 26.1. The van der Waals surface area contributed by atoms with E-state index in [0.29, 0.717) is 34.4 Å². The van der Waals surface area contributed by atoms with E-state index in [1.54, 1.807) is 10.6 Å². The number of benzene rings is 2. The highest BCUT2D eigenvalue weighted by Gasteiger charge is 2.29. The van der Waals surface area contributed by atoms with Crippen molar-refractivity contribution in [3.63, 3.8) is 0 Å². The zero-order valence-electron chi connectivity index (χ0n) is 20.5. The van der Waals surface area contributed by atoms with Crippen molar-refractivity contribution in [3.05, 3.63) is 58.1 Å². The third kappa shape index (κ3) is 4.82. The van der Waals surface area contributed by atoms with Crippen LogP contribution in [0.4, 0.5) is 4.79 Å². The average Bonchev–Trinajstić information content (AvgIpc) is 3.39. The molecule has 5 rings (SSSR count). The fourth-order valence-corrected chi connectivity index (χ4v) is 5.40. The lowest BCUT2D eigenvalue weighted by Crippen LogP contribution is -2.30. The fourth-order valence-electron chi connectivity index (χ4n) is 5.17. The topological polar surface area (TPSA) is 72.4 Å². The van der Waals surface area contributed by atoms with Gasteiger partial charge in [0, 0.05) is 40.7 Å². The molecule has 1 aromatic heterocycles. The Morgan fingerprint density at radius 3 is 2.66 bits per heavy atom. The molecule has 0 unspecified atom stereocenters. The number of carbonyl (C=O) groups excluding carboxylic acids is 2. The molecule has 184 valence electrons. The Morgan fingerprint density at radius 2 is 1.91 bits per heavy atom. The van der Waals surface area contributed by atoms with E-state index in [1.165, 1.54) is 32.1 Å². The van der Waals surface area contributed by atoms with Crippen molar-refractivity contribution in [2.24, 2.45) is 0 Å². The van der Waals surface area contributed by atoms with Gasteiger partial charge in [0.2, 0.25) is 0 Å². The number of hydrogen-bond donors (Lipinski definition) is 2. The van der Waals surface area contributed by atoms with Gasteiger partial charge in [-0.25, -0.2) is 9.36 Å². The molecule has 1 amide bonds. The van der Waals surface area contributed by atoms with Crippen molar-refractivity contribution in [2.45, 2.75) is 77.6 Å². The van der Waals surface area contributed by atoms with Crippen molar-refractivity contribution in [2.75, 3.05) is 0 Å². The second-order valence-corrected chi connectivity index (χ2v) is 11.0. The van der Waals surface area contributed by atoms with Gasteiger partial charge in [-0.15, -0.1) is 0 Å². The summed E-state index contributed by atoms with van der Waals surface area (Å²) in [7, 11) is 0. The molecule has 3 aromatic rings. The summed E-state index contributed by atoms with van der Waals surface area (Å²) in [5, 5.41) is 8.01. The number of ether oxygens (including phenoxy) is 1. The van der Waals surface area contributed by atoms with E-state index in [4.69, 9.17) is 16.3 Å². The summed E-state index contributed by atoms with van der Waals surface area (Å²) >= 11 is 6.38. The maximum Gasteiger partial charge on any atom is 0.419 e. The molecule has 1 aliphatic carbocycles. The molecule has 0 atom stereocenters. The van der Waals surface area contributed by atoms with Crippen LogP contribution in [0.1, 0.15) is 74.4 Å². The monoisotopic (exact) mass is 493 g/mol. The SMILES string of the molecule is CC(C)(C)OC(=O)n1c(-c2ccc(Cl)c3c2C(=O)NC3)cc2cc(CNC3CCCCC3)ccc21. The van der Waals surface area contributed by atoms with E-state index in [1.807, 2.05) is 39.0 Å². The number of nitrogens with one attached hydrogen (secondary N) is 2. The highest BCUT2D eigenvalue weighted by molar-refractivity contribution is 6.32. The molecule has 0 saturated heterocycles. The molecular weight excluding hydrogens is 462 g/mol. The summed E-state index contributed by atoms with van der Waals surface area (Å²) in [6.45, 7) is 6.70. The van der Waals surface area contributed by atoms with Crippen molar-refractivity contribution in [1.82, 2.24) is 15.2 Å². The van der Waals surface area contributed by atoms with Crippen LogP contribution in [-0.2, 0) is 17.8 Å². The normalized spacial score (nSPS) is 16.4. The number of nitrogens with zero attached hydrogens (tertiary/aromatic N) is 1. The molecule has 6 nitrogen and oxygen atoms in total. The van der Waals surface area contributed by atoms with Crippen molar-refractivity contribution >= 4 is 34.5 Å². The fraction of sp³-hybridized carbons (Fsp3) is 0.429. The summed E-state index contributed by atoms with van der Waals surface area (Å²) in [6.07, 6.45) is 5.89. The zero-order chi connectivity index (χ0) is 24.7. The first-order chi connectivity index (χ1) is 16.7. The molecule has 2 aliphatic rings. The van der Waals surface area contributed by atoms with E-state index < -0.39 is 11.7 Å². The predicted octanol–water partition coefficient (Wildman–Crippen LogP) is 6.41. The van der Waals surface area contributed by atoms with Crippen LogP contribution < -0.4 is 10.6 Å².